The Morgan fingerprint density at radius 2 is 2.04 bits per heavy atom. The monoisotopic (exact) mass is 462 g/mol. The van der Waals surface area contributed by atoms with E-state index in [-0.39, 0.29) is 24.0 Å². The van der Waals surface area contributed by atoms with Crippen LogP contribution >= 0.6 is 24.0 Å². The van der Waals surface area contributed by atoms with E-state index in [4.69, 9.17) is 9.47 Å². The molecule has 1 heterocycles. The Morgan fingerprint density at radius 1 is 1.24 bits per heavy atom. The van der Waals surface area contributed by atoms with Gasteiger partial charge in [0, 0.05) is 46.1 Å². The van der Waals surface area contributed by atoms with Crippen LogP contribution in [0.15, 0.2) is 23.3 Å². The lowest BCUT2D eigenvalue weighted by molar-refractivity contribution is 0.148. The molecule has 0 atom stereocenters. The second kappa shape index (κ2) is 13.2. The van der Waals surface area contributed by atoms with Gasteiger partial charge in [-0.1, -0.05) is 12.5 Å². The van der Waals surface area contributed by atoms with Crippen molar-refractivity contribution in [2.45, 2.75) is 51.2 Å². The highest BCUT2D eigenvalue weighted by Gasteiger charge is 2.15. The zero-order chi connectivity index (χ0) is 17.0. The minimum atomic E-state index is 0. The molecule has 2 rings (SSSR count). The molecule has 1 fully saturated rings. The normalized spacial score (nSPS) is 15.4. The molecule has 0 aromatic carbocycles. The third-order valence-electron chi connectivity index (χ3n) is 4.14. The van der Waals surface area contributed by atoms with Crippen LogP contribution in [0.3, 0.4) is 0 Å². The fraction of sp³-hybridized carbons (Fsp3) is 0.667. The van der Waals surface area contributed by atoms with Crippen LogP contribution in [-0.2, 0) is 11.3 Å². The molecule has 0 radical (unpaired) electrons. The van der Waals surface area contributed by atoms with Crippen molar-refractivity contribution in [3.8, 4) is 5.88 Å². The van der Waals surface area contributed by atoms with Gasteiger partial charge in [-0.05, 0) is 37.7 Å². The van der Waals surface area contributed by atoms with Crippen LogP contribution < -0.4 is 15.4 Å². The first-order valence-corrected chi connectivity index (χ1v) is 8.87. The fourth-order valence-corrected chi connectivity index (χ4v) is 2.77. The molecular formula is C18H31IN4O2. The first kappa shape index (κ1) is 22.0. The number of nitrogens with zero attached hydrogens (tertiary/aromatic N) is 2. The molecule has 1 aliphatic rings. The average Bonchev–Trinajstić information content (AvgIpc) is 2.63. The summed E-state index contributed by atoms with van der Waals surface area (Å²) in [6.07, 6.45) is 9.32. The van der Waals surface area contributed by atoms with Gasteiger partial charge in [0.05, 0.1) is 0 Å². The molecule has 0 amide bonds. The highest BCUT2D eigenvalue weighted by atomic mass is 127. The smallest absolute Gasteiger partial charge is 0.213 e. The van der Waals surface area contributed by atoms with Gasteiger partial charge in [-0.2, -0.15) is 0 Å². The molecule has 1 aliphatic carbocycles. The van der Waals surface area contributed by atoms with E-state index in [1.807, 2.05) is 12.3 Å². The van der Waals surface area contributed by atoms with Crippen molar-refractivity contribution < 1.29 is 9.47 Å². The molecule has 0 unspecified atom stereocenters. The molecule has 1 aromatic heterocycles. The standard InChI is InChI=1S/C18H30N4O2.HI/c1-19-18(20-11-6-12-23-2)22-14-15-9-10-17(21-13-15)24-16-7-4-3-5-8-16;/h9-10,13,16H,3-8,11-12,14H2,1-2H3,(H2,19,20,22);1H. The first-order valence-electron chi connectivity index (χ1n) is 8.87. The lowest BCUT2D eigenvalue weighted by Gasteiger charge is -2.22. The number of methoxy groups -OCH3 is 1. The topological polar surface area (TPSA) is 67.8 Å². The van der Waals surface area contributed by atoms with Gasteiger partial charge in [0.2, 0.25) is 5.88 Å². The van der Waals surface area contributed by atoms with Gasteiger partial charge >= 0.3 is 0 Å². The predicted molar refractivity (Wildman–Crippen MR) is 112 cm³/mol. The van der Waals surface area contributed by atoms with E-state index in [2.05, 4.69) is 26.7 Å². The van der Waals surface area contributed by atoms with Crippen molar-refractivity contribution in [2.75, 3.05) is 27.3 Å². The summed E-state index contributed by atoms with van der Waals surface area (Å²) < 4.78 is 11.0. The molecule has 7 heteroatoms. The maximum Gasteiger partial charge on any atom is 0.213 e. The summed E-state index contributed by atoms with van der Waals surface area (Å²) in [4.78, 5) is 8.63. The second-order valence-electron chi connectivity index (χ2n) is 6.08. The van der Waals surface area contributed by atoms with Crippen LogP contribution in [0, 0.1) is 0 Å². The Balaban J connectivity index is 0.00000312. The summed E-state index contributed by atoms with van der Waals surface area (Å²) in [6.45, 7) is 2.26. The molecule has 2 N–H and O–H groups in total. The third kappa shape index (κ3) is 8.71. The molecule has 142 valence electrons. The molecule has 1 saturated carbocycles. The van der Waals surface area contributed by atoms with Crippen LogP contribution in [0.5, 0.6) is 5.88 Å². The molecule has 25 heavy (non-hydrogen) atoms. The minimum Gasteiger partial charge on any atom is -0.474 e. The fourth-order valence-electron chi connectivity index (χ4n) is 2.77. The molecule has 0 saturated heterocycles. The zero-order valence-corrected chi connectivity index (χ0v) is 17.6. The predicted octanol–water partition coefficient (Wildman–Crippen LogP) is 3.11. The molecule has 6 nitrogen and oxygen atoms in total. The van der Waals surface area contributed by atoms with Crippen molar-refractivity contribution in [1.82, 2.24) is 15.6 Å². The molecule has 0 spiro atoms. The van der Waals surface area contributed by atoms with Gasteiger partial charge in [-0.3, -0.25) is 4.99 Å². The number of aromatic nitrogens is 1. The maximum atomic E-state index is 5.95. The van der Waals surface area contributed by atoms with Gasteiger partial charge in [0.1, 0.15) is 6.10 Å². The largest absolute Gasteiger partial charge is 0.474 e. The van der Waals surface area contributed by atoms with Crippen molar-refractivity contribution in [2.24, 2.45) is 4.99 Å². The number of guanidine groups is 1. The van der Waals surface area contributed by atoms with Gasteiger partial charge in [-0.15, -0.1) is 24.0 Å². The van der Waals surface area contributed by atoms with E-state index < -0.39 is 0 Å². The summed E-state index contributed by atoms with van der Waals surface area (Å²) in [5.74, 6) is 1.52. The lowest BCUT2D eigenvalue weighted by atomic mass is 9.98. The lowest BCUT2D eigenvalue weighted by Crippen LogP contribution is -2.37. The Hall–Kier alpha value is -1.09. The van der Waals surface area contributed by atoms with Gasteiger partial charge in [0.15, 0.2) is 5.96 Å². The van der Waals surface area contributed by atoms with Crippen LogP contribution in [0.4, 0.5) is 0 Å². The number of halogens is 1. The molecule has 0 bridgehead atoms. The average molecular weight is 462 g/mol. The number of hydrogen-bond acceptors (Lipinski definition) is 4. The molecular weight excluding hydrogens is 431 g/mol. The van der Waals surface area contributed by atoms with Crippen LogP contribution in [0.2, 0.25) is 0 Å². The summed E-state index contributed by atoms with van der Waals surface area (Å²) in [7, 11) is 3.48. The first-order chi connectivity index (χ1) is 11.8. The van der Waals surface area contributed by atoms with E-state index in [1.54, 1.807) is 14.2 Å². The zero-order valence-electron chi connectivity index (χ0n) is 15.3. The number of pyridine rings is 1. The number of aliphatic imine (C=N–C) groups is 1. The van der Waals surface area contributed by atoms with Gasteiger partial charge in [-0.25, -0.2) is 4.98 Å². The third-order valence-corrected chi connectivity index (χ3v) is 4.14. The van der Waals surface area contributed by atoms with Crippen molar-refractivity contribution in [3.63, 3.8) is 0 Å². The SMILES string of the molecule is CN=C(NCCCOC)NCc1ccc(OC2CCCCC2)nc1.I. The van der Waals surface area contributed by atoms with E-state index in [9.17, 15) is 0 Å². The van der Waals surface area contributed by atoms with Crippen LogP contribution in [0.1, 0.15) is 44.1 Å². The van der Waals surface area contributed by atoms with Crippen molar-refractivity contribution >= 4 is 29.9 Å². The number of hydrogen-bond donors (Lipinski definition) is 2. The summed E-state index contributed by atoms with van der Waals surface area (Å²) >= 11 is 0. The van der Waals surface area contributed by atoms with E-state index in [0.29, 0.717) is 12.6 Å². The Labute approximate surface area is 168 Å². The number of ether oxygens (including phenoxy) is 2. The summed E-state index contributed by atoms with van der Waals surface area (Å²) in [5.41, 5.74) is 1.10. The highest BCUT2D eigenvalue weighted by molar-refractivity contribution is 14.0. The number of rotatable bonds is 8. The number of nitrogens with one attached hydrogen (secondary N) is 2. The minimum absolute atomic E-state index is 0. The second-order valence-corrected chi connectivity index (χ2v) is 6.08. The Bertz CT molecular complexity index is 490. The van der Waals surface area contributed by atoms with Gasteiger partial charge < -0.3 is 20.1 Å². The van der Waals surface area contributed by atoms with Crippen LogP contribution in [0.25, 0.3) is 0 Å². The highest BCUT2D eigenvalue weighted by Crippen LogP contribution is 2.22. The van der Waals surface area contributed by atoms with Crippen LogP contribution in [-0.4, -0.2) is 44.4 Å². The molecule has 0 aliphatic heterocycles. The van der Waals surface area contributed by atoms with E-state index >= 15 is 0 Å². The van der Waals surface area contributed by atoms with Gasteiger partial charge in [0.25, 0.3) is 0 Å². The van der Waals surface area contributed by atoms with E-state index in [0.717, 1.165) is 49.8 Å². The Kier molecular flexibility index (Phi) is 11.6. The van der Waals surface area contributed by atoms with E-state index in [1.165, 1.54) is 19.3 Å². The summed E-state index contributed by atoms with van der Waals surface area (Å²) in [6, 6.07) is 4.01. The quantitative estimate of drug-likeness (QED) is 0.269. The summed E-state index contributed by atoms with van der Waals surface area (Å²) in [5, 5.41) is 6.53. The van der Waals surface area contributed by atoms with Crippen molar-refractivity contribution in [3.05, 3.63) is 23.9 Å². The Morgan fingerprint density at radius 3 is 2.68 bits per heavy atom. The molecule has 1 aromatic rings. The maximum absolute atomic E-state index is 5.95. The van der Waals surface area contributed by atoms with Crippen molar-refractivity contribution in [1.29, 1.82) is 0 Å².